The van der Waals surface area contributed by atoms with Gasteiger partial charge in [0.05, 0.1) is 11.4 Å². The Labute approximate surface area is 113 Å². The largest absolute Gasteiger partial charge is 0.307 e. The van der Waals surface area contributed by atoms with Crippen molar-refractivity contribution in [3.8, 4) is 0 Å². The molecule has 2 bridgehead atoms. The first-order chi connectivity index (χ1) is 9.02. The molecule has 4 heterocycles. The third-order valence-corrected chi connectivity index (χ3v) is 4.44. The highest BCUT2D eigenvalue weighted by molar-refractivity contribution is 5.45. The Balaban J connectivity index is 1.94. The van der Waals surface area contributed by atoms with Gasteiger partial charge in [-0.15, -0.1) is 0 Å². The van der Waals surface area contributed by atoms with Gasteiger partial charge in [-0.05, 0) is 12.8 Å². The highest BCUT2D eigenvalue weighted by Crippen LogP contribution is 2.35. The maximum absolute atomic E-state index is 4.82. The van der Waals surface area contributed by atoms with Crippen LogP contribution >= 0.6 is 0 Å². The van der Waals surface area contributed by atoms with Crippen LogP contribution in [-0.4, -0.2) is 20.6 Å². The maximum Gasteiger partial charge on any atom is 0.155 e. The molecule has 0 aliphatic carbocycles. The molecule has 2 atom stereocenters. The minimum atomic E-state index is 0.0759. The van der Waals surface area contributed by atoms with Crippen LogP contribution in [0.1, 0.15) is 56.6 Å². The minimum absolute atomic E-state index is 0.0759. The molecule has 4 nitrogen and oxygen atoms in total. The summed E-state index contributed by atoms with van der Waals surface area (Å²) in [7, 11) is 0. The summed E-state index contributed by atoms with van der Waals surface area (Å²) < 4.78 is 2.09. The fourth-order valence-electron chi connectivity index (χ4n) is 3.31. The summed E-state index contributed by atoms with van der Waals surface area (Å²) in [4.78, 5) is 4.61. The molecule has 2 aliphatic heterocycles. The highest BCUT2D eigenvalue weighted by Gasteiger charge is 2.34. The quantitative estimate of drug-likeness (QED) is 0.787. The predicted molar refractivity (Wildman–Crippen MR) is 74.3 cm³/mol. The first kappa shape index (κ1) is 11.4. The van der Waals surface area contributed by atoms with Crippen LogP contribution in [0.4, 0.5) is 0 Å². The Bertz CT molecular complexity index is 650. The smallest absolute Gasteiger partial charge is 0.155 e. The van der Waals surface area contributed by atoms with Gasteiger partial charge in [-0.1, -0.05) is 20.8 Å². The van der Waals surface area contributed by atoms with E-state index in [2.05, 4.69) is 47.9 Å². The third-order valence-electron chi connectivity index (χ3n) is 4.44. The van der Waals surface area contributed by atoms with Crippen LogP contribution in [0.2, 0.25) is 0 Å². The van der Waals surface area contributed by atoms with Crippen molar-refractivity contribution in [1.29, 1.82) is 0 Å². The average Bonchev–Trinajstić information content (AvgIpc) is 2.93. The lowest BCUT2D eigenvalue weighted by Crippen LogP contribution is -2.33. The number of rotatable bonds is 0. The van der Waals surface area contributed by atoms with Crippen LogP contribution < -0.4 is 5.32 Å². The number of aromatic nitrogens is 3. The lowest BCUT2D eigenvalue weighted by atomic mass is 9.93. The van der Waals surface area contributed by atoms with Gasteiger partial charge >= 0.3 is 0 Å². The lowest BCUT2D eigenvalue weighted by Gasteiger charge is -2.24. The van der Waals surface area contributed by atoms with Crippen molar-refractivity contribution in [2.45, 2.75) is 57.5 Å². The Kier molecular flexibility index (Phi) is 2.14. The van der Waals surface area contributed by atoms with E-state index in [0.29, 0.717) is 12.1 Å². The molecule has 4 rings (SSSR count). The van der Waals surface area contributed by atoms with Crippen LogP contribution in [0.25, 0.3) is 5.65 Å². The number of hydrogen-bond donors (Lipinski definition) is 1. The van der Waals surface area contributed by atoms with E-state index >= 15 is 0 Å². The molecular formula is C15H20N4. The Hall–Kier alpha value is -1.42. The molecule has 1 saturated heterocycles. The molecule has 1 fully saturated rings. The van der Waals surface area contributed by atoms with Crippen molar-refractivity contribution in [2.24, 2.45) is 0 Å². The molecule has 0 spiro atoms. The van der Waals surface area contributed by atoms with E-state index in [9.17, 15) is 0 Å². The van der Waals surface area contributed by atoms with E-state index in [-0.39, 0.29) is 5.41 Å². The van der Waals surface area contributed by atoms with Crippen LogP contribution in [0, 0.1) is 0 Å². The van der Waals surface area contributed by atoms with Crippen molar-refractivity contribution < 1.29 is 0 Å². The summed E-state index contributed by atoms with van der Waals surface area (Å²) in [5.41, 5.74) is 4.91. The Morgan fingerprint density at radius 1 is 1.32 bits per heavy atom. The second-order valence-corrected chi connectivity index (χ2v) is 6.91. The number of fused-ring (bicyclic) bond motifs is 6. The summed E-state index contributed by atoms with van der Waals surface area (Å²) >= 11 is 0. The van der Waals surface area contributed by atoms with Crippen molar-refractivity contribution in [2.75, 3.05) is 0 Å². The highest BCUT2D eigenvalue weighted by atomic mass is 15.3. The van der Waals surface area contributed by atoms with Gasteiger partial charge in [-0.3, -0.25) is 0 Å². The topological polar surface area (TPSA) is 42.2 Å². The summed E-state index contributed by atoms with van der Waals surface area (Å²) in [5, 5.41) is 8.49. The standard InChI is InChI=1S/C15H20N4/c1-15(2,3)13-7-14-16-8-10-11-5-4-9(17-11)6-12(10)19(14)18-13/h7-9,11,17H,4-6H2,1-3H3/t9-,11+/m1/s1. The van der Waals surface area contributed by atoms with E-state index in [4.69, 9.17) is 5.10 Å². The normalized spacial score (nSPS) is 25.8. The van der Waals surface area contributed by atoms with Gasteiger partial charge in [0.1, 0.15) is 0 Å². The van der Waals surface area contributed by atoms with Gasteiger partial charge in [-0.2, -0.15) is 5.10 Å². The molecule has 0 saturated carbocycles. The fourth-order valence-corrected chi connectivity index (χ4v) is 3.31. The zero-order valence-electron chi connectivity index (χ0n) is 11.8. The molecule has 100 valence electrons. The van der Waals surface area contributed by atoms with Gasteiger partial charge in [0, 0.05) is 41.7 Å². The number of hydrogen-bond acceptors (Lipinski definition) is 3. The molecule has 2 aromatic heterocycles. The summed E-state index contributed by atoms with van der Waals surface area (Å²) in [6, 6.07) is 3.25. The Morgan fingerprint density at radius 3 is 2.95 bits per heavy atom. The molecule has 2 aromatic rings. The maximum atomic E-state index is 4.82. The first-order valence-electron chi connectivity index (χ1n) is 7.16. The summed E-state index contributed by atoms with van der Waals surface area (Å²) in [6.45, 7) is 6.60. The molecule has 0 radical (unpaired) electrons. The van der Waals surface area contributed by atoms with Crippen molar-refractivity contribution >= 4 is 5.65 Å². The van der Waals surface area contributed by atoms with Gasteiger partial charge in [0.25, 0.3) is 0 Å². The molecule has 4 heteroatoms. The van der Waals surface area contributed by atoms with E-state index < -0.39 is 0 Å². The van der Waals surface area contributed by atoms with Crippen molar-refractivity contribution in [1.82, 2.24) is 19.9 Å². The zero-order chi connectivity index (χ0) is 13.2. The summed E-state index contributed by atoms with van der Waals surface area (Å²) in [5.74, 6) is 0. The van der Waals surface area contributed by atoms with Crippen LogP contribution in [0.3, 0.4) is 0 Å². The van der Waals surface area contributed by atoms with Crippen molar-refractivity contribution in [3.05, 3.63) is 29.2 Å². The van der Waals surface area contributed by atoms with Gasteiger partial charge in [-0.25, -0.2) is 9.50 Å². The molecule has 0 unspecified atom stereocenters. The van der Waals surface area contributed by atoms with Gasteiger partial charge < -0.3 is 5.32 Å². The van der Waals surface area contributed by atoms with Crippen LogP contribution in [0.5, 0.6) is 0 Å². The monoisotopic (exact) mass is 256 g/mol. The lowest BCUT2D eigenvalue weighted by molar-refractivity contribution is 0.492. The second kappa shape index (κ2) is 3.57. The summed E-state index contributed by atoms with van der Waals surface area (Å²) in [6.07, 6.45) is 5.64. The molecule has 19 heavy (non-hydrogen) atoms. The molecule has 0 aromatic carbocycles. The SMILES string of the molecule is CC(C)(C)c1cc2ncc3c(n2n1)C[C@H]1CC[C@@H]3N1. The number of nitrogens with zero attached hydrogens (tertiary/aromatic N) is 3. The minimum Gasteiger partial charge on any atom is -0.307 e. The zero-order valence-corrected chi connectivity index (χ0v) is 11.8. The van der Waals surface area contributed by atoms with E-state index in [1.807, 2.05) is 0 Å². The molecular weight excluding hydrogens is 236 g/mol. The van der Waals surface area contributed by atoms with E-state index in [1.165, 1.54) is 24.1 Å². The Morgan fingerprint density at radius 2 is 2.16 bits per heavy atom. The fraction of sp³-hybridized carbons (Fsp3) is 0.600. The van der Waals surface area contributed by atoms with Crippen LogP contribution in [-0.2, 0) is 11.8 Å². The average molecular weight is 256 g/mol. The van der Waals surface area contributed by atoms with Gasteiger partial charge in [0.2, 0.25) is 0 Å². The second-order valence-electron chi connectivity index (χ2n) is 6.91. The molecule has 2 aliphatic rings. The number of nitrogens with one attached hydrogen (secondary N) is 1. The van der Waals surface area contributed by atoms with E-state index in [1.54, 1.807) is 0 Å². The molecule has 0 amide bonds. The predicted octanol–water partition coefficient (Wildman–Crippen LogP) is 2.38. The first-order valence-corrected chi connectivity index (χ1v) is 7.16. The van der Waals surface area contributed by atoms with E-state index in [0.717, 1.165) is 17.8 Å². The van der Waals surface area contributed by atoms with Crippen LogP contribution in [0.15, 0.2) is 12.3 Å². The third kappa shape index (κ3) is 1.62. The molecule has 1 N–H and O–H groups in total. The van der Waals surface area contributed by atoms with Crippen molar-refractivity contribution in [3.63, 3.8) is 0 Å². The van der Waals surface area contributed by atoms with Gasteiger partial charge in [0.15, 0.2) is 5.65 Å².